The first-order chi connectivity index (χ1) is 13.6. The Labute approximate surface area is 165 Å². The number of methoxy groups -OCH3 is 1. The van der Waals surface area contributed by atoms with Gasteiger partial charge in [-0.2, -0.15) is 5.10 Å². The van der Waals surface area contributed by atoms with Gasteiger partial charge in [-0.25, -0.2) is 9.48 Å². The molecule has 1 aromatic carbocycles. The van der Waals surface area contributed by atoms with E-state index in [0.29, 0.717) is 38.5 Å². The first kappa shape index (κ1) is 19.9. The van der Waals surface area contributed by atoms with Gasteiger partial charge in [0.1, 0.15) is 12.4 Å². The van der Waals surface area contributed by atoms with Gasteiger partial charge in [-0.15, -0.1) is 0 Å². The van der Waals surface area contributed by atoms with Crippen LogP contribution in [0, 0.1) is 6.92 Å². The average molecular weight is 385 g/mol. The maximum atomic E-state index is 12.8. The molecule has 1 N–H and O–H groups in total. The number of aromatic nitrogens is 2. The number of hydrogen-bond donors (Lipinski definition) is 1. The summed E-state index contributed by atoms with van der Waals surface area (Å²) in [5.41, 5.74) is 1.96. The van der Waals surface area contributed by atoms with Crippen molar-refractivity contribution in [2.75, 3.05) is 45.2 Å². The number of rotatable bonds is 5. The smallest absolute Gasteiger partial charge is 0.323 e. The molecule has 8 nitrogen and oxygen atoms in total. The van der Waals surface area contributed by atoms with Crippen molar-refractivity contribution in [1.82, 2.24) is 19.6 Å². The van der Waals surface area contributed by atoms with Gasteiger partial charge in [-0.3, -0.25) is 10.1 Å². The first-order valence-electron chi connectivity index (χ1n) is 9.48. The zero-order valence-corrected chi connectivity index (χ0v) is 16.4. The molecule has 0 unspecified atom stereocenters. The number of urea groups is 1. The minimum Gasteiger partial charge on any atom is -0.375 e. The van der Waals surface area contributed by atoms with Gasteiger partial charge >= 0.3 is 6.03 Å². The summed E-state index contributed by atoms with van der Waals surface area (Å²) in [7, 11) is 1.51. The normalized spacial score (nSPS) is 14.6. The van der Waals surface area contributed by atoms with Crippen LogP contribution in [-0.4, -0.2) is 71.4 Å². The van der Waals surface area contributed by atoms with E-state index in [0.717, 1.165) is 17.7 Å². The lowest BCUT2D eigenvalue weighted by atomic mass is 10.2. The number of aryl methyl sites for hydroxylation is 1. The highest BCUT2D eigenvalue weighted by Crippen LogP contribution is 2.14. The summed E-state index contributed by atoms with van der Waals surface area (Å²) in [5.74, 6) is 0.629. The van der Waals surface area contributed by atoms with Crippen LogP contribution in [0.4, 0.5) is 10.6 Å². The van der Waals surface area contributed by atoms with Gasteiger partial charge in [0.05, 0.1) is 12.2 Å². The summed E-state index contributed by atoms with van der Waals surface area (Å²) in [6, 6.07) is 11.7. The van der Waals surface area contributed by atoms with E-state index in [1.807, 2.05) is 43.3 Å². The van der Waals surface area contributed by atoms with E-state index in [1.165, 1.54) is 7.11 Å². The molecule has 1 aliphatic heterocycles. The molecular weight excluding hydrogens is 358 g/mol. The Morgan fingerprint density at radius 1 is 1.11 bits per heavy atom. The van der Waals surface area contributed by atoms with Crippen LogP contribution in [0.5, 0.6) is 0 Å². The fourth-order valence-corrected chi connectivity index (χ4v) is 3.30. The summed E-state index contributed by atoms with van der Waals surface area (Å²) < 4.78 is 6.72. The molecule has 0 atom stereocenters. The van der Waals surface area contributed by atoms with Gasteiger partial charge in [0, 0.05) is 39.4 Å². The fourth-order valence-electron chi connectivity index (χ4n) is 3.30. The second-order valence-corrected chi connectivity index (χ2v) is 6.90. The average Bonchev–Trinajstić information content (AvgIpc) is 2.88. The SMILES string of the molecule is COCC(=O)N1CCCN(C(=O)Nc2cc(C)nn2Cc2ccccc2)CC1. The lowest BCUT2D eigenvalue weighted by molar-refractivity contribution is -0.134. The number of benzene rings is 1. The molecule has 150 valence electrons. The number of amides is 3. The first-order valence-corrected chi connectivity index (χ1v) is 9.48. The summed E-state index contributed by atoms with van der Waals surface area (Å²) in [6.07, 6.45) is 0.741. The number of anilines is 1. The zero-order valence-electron chi connectivity index (χ0n) is 16.4. The summed E-state index contributed by atoms with van der Waals surface area (Å²) >= 11 is 0. The van der Waals surface area contributed by atoms with Gasteiger partial charge in [0.2, 0.25) is 5.91 Å². The number of ether oxygens (including phenoxy) is 1. The molecule has 3 amide bonds. The van der Waals surface area contributed by atoms with Crippen LogP contribution in [-0.2, 0) is 16.1 Å². The monoisotopic (exact) mass is 385 g/mol. The van der Waals surface area contributed by atoms with Crippen LogP contribution in [0.25, 0.3) is 0 Å². The Balaban J connectivity index is 1.62. The third-order valence-electron chi connectivity index (χ3n) is 4.72. The molecule has 28 heavy (non-hydrogen) atoms. The lowest BCUT2D eigenvalue weighted by Gasteiger charge is -2.22. The Hall–Kier alpha value is -2.87. The van der Waals surface area contributed by atoms with Crippen LogP contribution in [0.1, 0.15) is 17.7 Å². The Bertz CT molecular complexity index is 805. The molecule has 1 fully saturated rings. The minimum atomic E-state index is -0.171. The molecule has 1 saturated heterocycles. The fraction of sp³-hybridized carbons (Fsp3) is 0.450. The number of carbonyl (C=O) groups excluding carboxylic acids is 2. The van der Waals surface area contributed by atoms with Gasteiger partial charge in [0.15, 0.2) is 0 Å². The quantitative estimate of drug-likeness (QED) is 0.853. The Morgan fingerprint density at radius 3 is 2.57 bits per heavy atom. The van der Waals surface area contributed by atoms with Crippen molar-refractivity contribution in [3.63, 3.8) is 0 Å². The topological polar surface area (TPSA) is 79.7 Å². The van der Waals surface area contributed by atoms with Gasteiger partial charge in [0.25, 0.3) is 0 Å². The largest absolute Gasteiger partial charge is 0.375 e. The van der Waals surface area contributed by atoms with Gasteiger partial charge in [-0.1, -0.05) is 30.3 Å². The van der Waals surface area contributed by atoms with E-state index in [-0.39, 0.29) is 18.5 Å². The van der Waals surface area contributed by atoms with E-state index in [2.05, 4.69) is 10.4 Å². The van der Waals surface area contributed by atoms with Crippen molar-refractivity contribution in [3.8, 4) is 0 Å². The van der Waals surface area contributed by atoms with Crippen molar-refractivity contribution >= 4 is 17.8 Å². The van der Waals surface area contributed by atoms with Crippen LogP contribution in [0.15, 0.2) is 36.4 Å². The zero-order chi connectivity index (χ0) is 19.9. The third kappa shape index (κ3) is 5.10. The van der Waals surface area contributed by atoms with Crippen molar-refractivity contribution in [2.45, 2.75) is 19.9 Å². The number of nitrogens with zero attached hydrogens (tertiary/aromatic N) is 4. The molecule has 0 radical (unpaired) electrons. The molecule has 8 heteroatoms. The molecule has 2 heterocycles. The lowest BCUT2D eigenvalue weighted by Crippen LogP contribution is -2.40. The minimum absolute atomic E-state index is 0.0404. The molecule has 0 aliphatic carbocycles. The molecule has 1 aliphatic rings. The molecule has 1 aromatic heterocycles. The summed E-state index contributed by atoms with van der Waals surface area (Å²) in [5, 5.41) is 7.47. The molecule has 0 saturated carbocycles. The second-order valence-electron chi connectivity index (χ2n) is 6.90. The third-order valence-corrected chi connectivity index (χ3v) is 4.72. The highest BCUT2D eigenvalue weighted by atomic mass is 16.5. The van der Waals surface area contributed by atoms with Gasteiger partial charge in [-0.05, 0) is 18.9 Å². The molecule has 0 bridgehead atoms. The van der Waals surface area contributed by atoms with Crippen molar-refractivity contribution < 1.29 is 14.3 Å². The van der Waals surface area contributed by atoms with Crippen molar-refractivity contribution in [3.05, 3.63) is 47.7 Å². The van der Waals surface area contributed by atoms with E-state index < -0.39 is 0 Å². The van der Waals surface area contributed by atoms with Crippen LogP contribution >= 0.6 is 0 Å². The molecule has 3 rings (SSSR count). The van der Waals surface area contributed by atoms with E-state index in [4.69, 9.17) is 4.74 Å². The predicted octanol–water partition coefficient (Wildman–Crippen LogP) is 1.95. The Morgan fingerprint density at radius 2 is 1.82 bits per heavy atom. The van der Waals surface area contributed by atoms with Crippen LogP contribution in [0.3, 0.4) is 0 Å². The van der Waals surface area contributed by atoms with Gasteiger partial charge < -0.3 is 14.5 Å². The van der Waals surface area contributed by atoms with Crippen molar-refractivity contribution in [2.24, 2.45) is 0 Å². The predicted molar refractivity (Wildman–Crippen MR) is 106 cm³/mol. The van der Waals surface area contributed by atoms with Crippen LogP contribution < -0.4 is 5.32 Å². The maximum absolute atomic E-state index is 12.8. The molecular formula is C20H27N5O3. The highest BCUT2D eigenvalue weighted by molar-refractivity contribution is 5.88. The van der Waals surface area contributed by atoms with E-state index in [9.17, 15) is 9.59 Å². The number of carbonyl (C=O) groups is 2. The standard InChI is InChI=1S/C20H27N5O3/c1-16-13-18(25(22-16)14-17-7-4-3-5-8-17)21-20(27)24-10-6-9-23(11-12-24)19(26)15-28-2/h3-5,7-8,13H,6,9-12,14-15H2,1-2H3,(H,21,27). The maximum Gasteiger partial charge on any atom is 0.323 e. The molecule has 2 aromatic rings. The second kappa shape index (κ2) is 9.36. The number of nitrogens with one attached hydrogen (secondary N) is 1. The van der Waals surface area contributed by atoms with Crippen LogP contribution in [0.2, 0.25) is 0 Å². The van der Waals surface area contributed by atoms with Crippen molar-refractivity contribution in [1.29, 1.82) is 0 Å². The molecule has 0 spiro atoms. The summed E-state index contributed by atoms with van der Waals surface area (Å²) in [6.45, 7) is 4.81. The summed E-state index contributed by atoms with van der Waals surface area (Å²) in [4.78, 5) is 28.3. The van der Waals surface area contributed by atoms with E-state index in [1.54, 1.807) is 14.5 Å². The number of hydrogen-bond acceptors (Lipinski definition) is 4. The Kier molecular flexibility index (Phi) is 6.65. The highest BCUT2D eigenvalue weighted by Gasteiger charge is 2.22. The van der Waals surface area contributed by atoms with E-state index >= 15 is 0 Å².